The standard InChI is InChI=1S/C19H29NO3.ClH/c1-3-5-13-20-14-11-19(12-15-20,17-9-7-6-8-10-17)23-18(21)16-22-4-2;/h6-10H,3-5,11-16H2,1-2H3;1H. The Balaban J connectivity index is 0.00000288. The zero-order valence-corrected chi connectivity index (χ0v) is 15.6. The van der Waals surface area contributed by atoms with Gasteiger partial charge >= 0.3 is 5.97 Å². The number of rotatable bonds is 8. The smallest absolute Gasteiger partial charge is 0.332 e. The van der Waals surface area contributed by atoms with Crippen LogP contribution in [-0.4, -0.2) is 43.7 Å². The molecule has 24 heavy (non-hydrogen) atoms. The summed E-state index contributed by atoms with van der Waals surface area (Å²) in [5, 5.41) is 0. The first-order valence-corrected chi connectivity index (χ1v) is 8.77. The number of halogens is 1. The van der Waals surface area contributed by atoms with Crippen LogP contribution in [0.4, 0.5) is 0 Å². The van der Waals surface area contributed by atoms with Crippen molar-refractivity contribution in [3.8, 4) is 0 Å². The van der Waals surface area contributed by atoms with Crippen molar-refractivity contribution in [2.45, 2.75) is 45.1 Å². The third kappa shape index (κ3) is 5.76. The molecule has 4 nitrogen and oxygen atoms in total. The summed E-state index contributed by atoms with van der Waals surface area (Å²) in [5.74, 6) is -0.266. The van der Waals surface area contributed by atoms with Crippen molar-refractivity contribution in [3.05, 3.63) is 35.9 Å². The fourth-order valence-corrected chi connectivity index (χ4v) is 3.14. The van der Waals surface area contributed by atoms with Crippen molar-refractivity contribution in [1.29, 1.82) is 0 Å². The molecule has 0 amide bonds. The third-order valence-corrected chi connectivity index (χ3v) is 4.52. The Bertz CT molecular complexity index is 473. The Kier molecular flexibility index (Phi) is 9.34. The molecule has 1 aliphatic rings. The van der Waals surface area contributed by atoms with E-state index in [2.05, 4.69) is 24.0 Å². The number of unbranched alkanes of at least 4 members (excludes halogenated alkanes) is 1. The molecule has 0 unspecified atom stereocenters. The molecule has 0 atom stereocenters. The van der Waals surface area contributed by atoms with Crippen molar-refractivity contribution in [1.82, 2.24) is 4.90 Å². The quantitative estimate of drug-likeness (QED) is 0.665. The fraction of sp³-hybridized carbons (Fsp3) is 0.632. The Morgan fingerprint density at radius 2 is 1.83 bits per heavy atom. The van der Waals surface area contributed by atoms with Gasteiger partial charge in [-0.05, 0) is 25.5 Å². The van der Waals surface area contributed by atoms with Gasteiger partial charge in [0.15, 0.2) is 0 Å². The van der Waals surface area contributed by atoms with E-state index in [1.807, 2.05) is 25.1 Å². The number of likely N-dealkylation sites (tertiary alicyclic amines) is 1. The van der Waals surface area contributed by atoms with Crippen molar-refractivity contribution in [2.75, 3.05) is 32.8 Å². The van der Waals surface area contributed by atoms with Gasteiger partial charge in [0.1, 0.15) is 12.2 Å². The lowest BCUT2D eigenvalue weighted by molar-refractivity contribution is -0.172. The molecule has 2 rings (SSSR count). The molecule has 1 aromatic carbocycles. The number of carbonyl (C=O) groups excluding carboxylic acids is 1. The highest BCUT2D eigenvalue weighted by Crippen LogP contribution is 2.37. The molecule has 5 heteroatoms. The lowest BCUT2D eigenvalue weighted by Gasteiger charge is -2.41. The first-order valence-electron chi connectivity index (χ1n) is 8.77. The van der Waals surface area contributed by atoms with Crippen LogP contribution in [0.2, 0.25) is 0 Å². The predicted molar refractivity (Wildman–Crippen MR) is 98.5 cm³/mol. The van der Waals surface area contributed by atoms with E-state index in [1.165, 1.54) is 12.8 Å². The lowest BCUT2D eigenvalue weighted by Crippen LogP contribution is -2.46. The second-order valence-electron chi connectivity index (χ2n) is 6.17. The molecule has 1 fully saturated rings. The Hall–Kier alpha value is -1.10. The number of piperidine rings is 1. The van der Waals surface area contributed by atoms with E-state index in [0.29, 0.717) is 6.61 Å². The van der Waals surface area contributed by atoms with Gasteiger partial charge in [-0.25, -0.2) is 4.79 Å². The number of benzene rings is 1. The van der Waals surface area contributed by atoms with Crippen molar-refractivity contribution >= 4 is 18.4 Å². The van der Waals surface area contributed by atoms with Crippen LogP contribution in [-0.2, 0) is 19.9 Å². The minimum atomic E-state index is -0.502. The van der Waals surface area contributed by atoms with Crippen LogP contribution in [0.5, 0.6) is 0 Å². The predicted octanol–water partition coefficient (Wildman–Crippen LogP) is 3.78. The second-order valence-corrected chi connectivity index (χ2v) is 6.17. The average Bonchev–Trinajstić information content (AvgIpc) is 2.60. The van der Waals surface area contributed by atoms with Gasteiger partial charge in [-0.3, -0.25) is 0 Å². The molecule has 1 heterocycles. The van der Waals surface area contributed by atoms with E-state index in [4.69, 9.17) is 9.47 Å². The van der Waals surface area contributed by atoms with Gasteiger partial charge in [0.2, 0.25) is 0 Å². The van der Waals surface area contributed by atoms with E-state index in [-0.39, 0.29) is 25.0 Å². The van der Waals surface area contributed by atoms with Crippen LogP contribution < -0.4 is 0 Å². The molecular weight excluding hydrogens is 326 g/mol. The lowest BCUT2D eigenvalue weighted by atomic mass is 9.84. The molecule has 0 N–H and O–H groups in total. The number of hydrogen-bond donors (Lipinski definition) is 0. The van der Waals surface area contributed by atoms with Crippen LogP contribution in [0.1, 0.15) is 45.1 Å². The normalized spacial score (nSPS) is 17.1. The molecule has 1 aliphatic heterocycles. The molecule has 0 spiro atoms. The van der Waals surface area contributed by atoms with Gasteiger partial charge in [0.25, 0.3) is 0 Å². The molecular formula is C19H30ClNO3. The molecule has 0 aliphatic carbocycles. The van der Waals surface area contributed by atoms with Crippen LogP contribution in [0.3, 0.4) is 0 Å². The zero-order chi connectivity index (χ0) is 16.5. The molecule has 0 saturated carbocycles. The summed E-state index contributed by atoms with van der Waals surface area (Å²) in [7, 11) is 0. The minimum Gasteiger partial charge on any atom is -0.452 e. The number of ether oxygens (including phenoxy) is 2. The zero-order valence-electron chi connectivity index (χ0n) is 14.8. The van der Waals surface area contributed by atoms with Crippen LogP contribution in [0.15, 0.2) is 30.3 Å². The van der Waals surface area contributed by atoms with E-state index < -0.39 is 5.60 Å². The van der Waals surface area contributed by atoms with Crippen LogP contribution in [0.25, 0.3) is 0 Å². The van der Waals surface area contributed by atoms with Gasteiger partial charge in [0, 0.05) is 32.5 Å². The first-order chi connectivity index (χ1) is 11.2. The van der Waals surface area contributed by atoms with Gasteiger partial charge < -0.3 is 14.4 Å². The van der Waals surface area contributed by atoms with Gasteiger partial charge in [-0.2, -0.15) is 0 Å². The number of esters is 1. The van der Waals surface area contributed by atoms with E-state index in [9.17, 15) is 4.79 Å². The second kappa shape index (κ2) is 10.7. The molecule has 1 aromatic rings. The molecule has 0 radical (unpaired) electrons. The Morgan fingerprint density at radius 1 is 1.17 bits per heavy atom. The maximum absolute atomic E-state index is 12.1. The average molecular weight is 356 g/mol. The van der Waals surface area contributed by atoms with E-state index in [1.54, 1.807) is 0 Å². The highest BCUT2D eigenvalue weighted by Gasteiger charge is 2.39. The van der Waals surface area contributed by atoms with Gasteiger partial charge in [-0.15, -0.1) is 12.4 Å². The van der Waals surface area contributed by atoms with Gasteiger partial charge in [0.05, 0.1) is 0 Å². The molecule has 1 saturated heterocycles. The summed E-state index contributed by atoms with van der Waals surface area (Å²) < 4.78 is 11.1. The number of carbonyl (C=O) groups is 1. The van der Waals surface area contributed by atoms with Crippen LogP contribution in [0, 0.1) is 0 Å². The number of hydrogen-bond acceptors (Lipinski definition) is 4. The fourth-order valence-electron chi connectivity index (χ4n) is 3.14. The highest BCUT2D eigenvalue weighted by molar-refractivity contribution is 5.85. The Morgan fingerprint density at radius 3 is 2.42 bits per heavy atom. The van der Waals surface area contributed by atoms with Crippen molar-refractivity contribution in [2.24, 2.45) is 0 Å². The summed E-state index contributed by atoms with van der Waals surface area (Å²) in [6.07, 6.45) is 4.13. The summed E-state index contributed by atoms with van der Waals surface area (Å²) in [6.45, 7) is 7.73. The van der Waals surface area contributed by atoms with Crippen molar-refractivity contribution in [3.63, 3.8) is 0 Å². The maximum Gasteiger partial charge on any atom is 0.332 e. The topological polar surface area (TPSA) is 38.8 Å². The SMILES string of the molecule is CCCCN1CCC(OC(=O)COCC)(c2ccccc2)CC1.Cl. The summed E-state index contributed by atoms with van der Waals surface area (Å²) in [4.78, 5) is 14.6. The molecule has 0 bridgehead atoms. The summed E-state index contributed by atoms with van der Waals surface area (Å²) in [5.41, 5.74) is 0.595. The van der Waals surface area contributed by atoms with Crippen LogP contribution >= 0.6 is 12.4 Å². The first kappa shape index (κ1) is 20.9. The largest absolute Gasteiger partial charge is 0.452 e. The molecule has 0 aromatic heterocycles. The van der Waals surface area contributed by atoms with E-state index >= 15 is 0 Å². The Labute approximate surface area is 151 Å². The monoisotopic (exact) mass is 355 g/mol. The van der Waals surface area contributed by atoms with Crippen molar-refractivity contribution < 1.29 is 14.3 Å². The molecule has 136 valence electrons. The maximum atomic E-state index is 12.1. The summed E-state index contributed by atoms with van der Waals surface area (Å²) >= 11 is 0. The highest BCUT2D eigenvalue weighted by atomic mass is 35.5. The third-order valence-electron chi connectivity index (χ3n) is 4.52. The number of nitrogens with zero attached hydrogens (tertiary/aromatic N) is 1. The van der Waals surface area contributed by atoms with Gasteiger partial charge in [-0.1, -0.05) is 43.7 Å². The summed E-state index contributed by atoms with van der Waals surface area (Å²) in [6, 6.07) is 10.1. The minimum absolute atomic E-state index is 0. The van der Waals surface area contributed by atoms with E-state index in [0.717, 1.165) is 38.0 Å².